The first-order valence-electron chi connectivity index (χ1n) is 5.04. The summed E-state index contributed by atoms with van der Waals surface area (Å²) in [5.74, 6) is -0.0847. The van der Waals surface area contributed by atoms with Gasteiger partial charge < -0.3 is 4.74 Å². The Morgan fingerprint density at radius 3 is 2.72 bits per heavy atom. The first-order valence-corrected chi connectivity index (χ1v) is 5.92. The van der Waals surface area contributed by atoms with Crippen LogP contribution in [0.5, 0.6) is 5.75 Å². The van der Waals surface area contributed by atoms with E-state index in [-0.39, 0.29) is 22.8 Å². The lowest BCUT2D eigenvalue weighted by Gasteiger charge is -2.03. The molecule has 18 heavy (non-hydrogen) atoms. The molecule has 1 heterocycles. The van der Waals surface area contributed by atoms with Crippen molar-refractivity contribution in [2.24, 2.45) is 0 Å². The average molecular weight is 263 g/mol. The highest BCUT2D eigenvalue weighted by molar-refractivity contribution is 7.12. The molecule has 0 amide bonds. The molecule has 0 N–H and O–H groups in total. The maximum atomic E-state index is 12.0. The van der Waals surface area contributed by atoms with E-state index in [4.69, 9.17) is 4.74 Å². The number of thiophene rings is 1. The molecule has 0 atom stereocenters. The van der Waals surface area contributed by atoms with Crippen LogP contribution in [0, 0.1) is 10.1 Å². The van der Waals surface area contributed by atoms with E-state index in [1.54, 1.807) is 17.5 Å². The lowest BCUT2D eigenvalue weighted by molar-refractivity contribution is -0.385. The van der Waals surface area contributed by atoms with Gasteiger partial charge in [0, 0.05) is 11.6 Å². The van der Waals surface area contributed by atoms with Gasteiger partial charge in [-0.15, -0.1) is 11.3 Å². The van der Waals surface area contributed by atoms with Crippen molar-refractivity contribution in [2.45, 2.75) is 0 Å². The summed E-state index contributed by atoms with van der Waals surface area (Å²) in [5, 5.41) is 12.6. The summed E-state index contributed by atoms with van der Waals surface area (Å²) in [6, 6.07) is 7.63. The van der Waals surface area contributed by atoms with Crippen LogP contribution in [0.25, 0.3) is 0 Å². The number of hydrogen-bond donors (Lipinski definition) is 0. The van der Waals surface area contributed by atoms with Crippen LogP contribution in [0.15, 0.2) is 35.7 Å². The van der Waals surface area contributed by atoms with Gasteiger partial charge in [-0.2, -0.15) is 0 Å². The monoisotopic (exact) mass is 263 g/mol. The van der Waals surface area contributed by atoms with Crippen molar-refractivity contribution in [2.75, 3.05) is 7.11 Å². The second kappa shape index (κ2) is 4.97. The highest BCUT2D eigenvalue weighted by atomic mass is 32.1. The third kappa shape index (κ3) is 2.23. The molecule has 0 aliphatic rings. The second-order valence-corrected chi connectivity index (χ2v) is 4.40. The van der Waals surface area contributed by atoms with E-state index in [1.807, 2.05) is 0 Å². The molecular weight excluding hydrogens is 254 g/mol. The zero-order chi connectivity index (χ0) is 13.1. The van der Waals surface area contributed by atoms with Crippen molar-refractivity contribution >= 4 is 22.8 Å². The van der Waals surface area contributed by atoms with Crippen LogP contribution in [0.1, 0.15) is 15.2 Å². The van der Waals surface area contributed by atoms with Gasteiger partial charge in [-0.05, 0) is 23.6 Å². The maximum Gasteiger partial charge on any atom is 0.311 e. The van der Waals surface area contributed by atoms with Crippen molar-refractivity contribution in [3.63, 3.8) is 0 Å². The third-order valence-electron chi connectivity index (χ3n) is 2.38. The Morgan fingerprint density at radius 2 is 2.17 bits per heavy atom. The number of ketones is 1. The molecule has 2 rings (SSSR count). The molecule has 1 aromatic carbocycles. The summed E-state index contributed by atoms with van der Waals surface area (Å²) >= 11 is 1.30. The number of hydrogen-bond acceptors (Lipinski definition) is 5. The Morgan fingerprint density at radius 1 is 1.39 bits per heavy atom. The molecule has 6 heteroatoms. The molecule has 0 bridgehead atoms. The van der Waals surface area contributed by atoms with Gasteiger partial charge in [0.15, 0.2) is 5.75 Å². The number of benzene rings is 1. The maximum absolute atomic E-state index is 12.0. The number of ether oxygens (including phenoxy) is 1. The normalized spacial score (nSPS) is 10.1. The first kappa shape index (κ1) is 12.3. The molecule has 0 saturated carbocycles. The largest absolute Gasteiger partial charge is 0.490 e. The van der Waals surface area contributed by atoms with Crippen molar-refractivity contribution in [3.05, 3.63) is 56.3 Å². The fourth-order valence-electron chi connectivity index (χ4n) is 1.52. The number of carbonyl (C=O) groups is 1. The molecule has 5 nitrogen and oxygen atoms in total. The van der Waals surface area contributed by atoms with Gasteiger partial charge in [0.2, 0.25) is 5.78 Å². The van der Waals surface area contributed by atoms with Crippen LogP contribution in [0.2, 0.25) is 0 Å². The zero-order valence-corrected chi connectivity index (χ0v) is 10.3. The topological polar surface area (TPSA) is 69.4 Å². The highest BCUT2D eigenvalue weighted by Gasteiger charge is 2.19. The smallest absolute Gasteiger partial charge is 0.311 e. The second-order valence-electron chi connectivity index (χ2n) is 3.45. The quantitative estimate of drug-likeness (QED) is 0.483. The average Bonchev–Trinajstić information content (AvgIpc) is 2.90. The Labute approximate surface area is 107 Å². The first-order chi connectivity index (χ1) is 8.63. The van der Waals surface area contributed by atoms with Crippen LogP contribution >= 0.6 is 11.3 Å². The molecule has 0 unspecified atom stereocenters. The molecular formula is C12H9NO4S. The number of nitrogens with zero attached hydrogens (tertiary/aromatic N) is 1. The number of carbonyl (C=O) groups excluding carboxylic acids is 1. The fraction of sp³-hybridized carbons (Fsp3) is 0.0833. The molecule has 1 aromatic heterocycles. The van der Waals surface area contributed by atoms with E-state index in [0.29, 0.717) is 4.88 Å². The van der Waals surface area contributed by atoms with Crippen LogP contribution in [-0.4, -0.2) is 17.8 Å². The molecule has 0 aliphatic carbocycles. The van der Waals surface area contributed by atoms with E-state index in [0.717, 1.165) is 0 Å². The lowest BCUT2D eigenvalue weighted by Crippen LogP contribution is -2.01. The van der Waals surface area contributed by atoms with Gasteiger partial charge in [0.25, 0.3) is 0 Å². The van der Waals surface area contributed by atoms with Gasteiger partial charge in [-0.3, -0.25) is 14.9 Å². The standard InChI is InChI=1S/C12H9NO4S/c1-17-10-5-4-8(7-9(10)13(15)16)12(14)11-3-2-6-18-11/h2-7H,1H3. The van der Waals surface area contributed by atoms with Gasteiger partial charge in [-0.25, -0.2) is 0 Å². The van der Waals surface area contributed by atoms with Crippen molar-refractivity contribution in [3.8, 4) is 5.75 Å². The van der Waals surface area contributed by atoms with Crippen molar-refractivity contribution in [1.82, 2.24) is 0 Å². The molecule has 0 aliphatic heterocycles. The summed E-state index contributed by atoms with van der Waals surface area (Å²) in [6.07, 6.45) is 0. The van der Waals surface area contributed by atoms with Crippen LogP contribution in [-0.2, 0) is 0 Å². The van der Waals surface area contributed by atoms with Gasteiger partial charge in [-0.1, -0.05) is 6.07 Å². The van der Waals surface area contributed by atoms with Gasteiger partial charge in [0.1, 0.15) is 0 Å². The van der Waals surface area contributed by atoms with Crippen molar-refractivity contribution < 1.29 is 14.5 Å². The Kier molecular flexibility index (Phi) is 3.38. The van der Waals surface area contributed by atoms with E-state index >= 15 is 0 Å². The van der Waals surface area contributed by atoms with Crippen LogP contribution in [0.4, 0.5) is 5.69 Å². The van der Waals surface area contributed by atoms with Gasteiger partial charge >= 0.3 is 5.69 Å². The molecule has 0 fully saturated rings. The molecule has 0 spiro atoms. The number of rotatable bonds is 4. The van der Waals surface area contributed by atoms with Gasteiger partial charge in [0.05, 0.1) is 16.9 Å². The summed E-state index contributed by atoms with van der Waals surface area (Å²) in [7, 11) is 1.35. The Hall–Kier alpha value is -2.21. The SMILES string of the molecule is COc1ccc(C(=O)c2cccs2)cc1[N+](=O)[O-]. The number of nitro groups is 1. The van der Waals surface area contributed by atoms with E-state index < -0.39 is 4.92 Å². The Balaban J connectivity index is 2.44. The van der Waals surface area contributed by atoms with Crippen molar-refractivity contribution in [1.29, 1.82) is 0 Å². The predicted octanol–water partition coefficient (Wildman–Crippen LogP) is 2.90. The molecule has 0 saturated heterocycles. The molecule has 2 aromatic rings. The number of methoxy groups -OCH3 is 1. The minimum absolute atomic E-state index is 0.141. The zero-order valence-electron chi connectivity index (χ0n) is 9.45. The van der Waals surface area contributed by atoms with Crippen LogP contribution < -0.4 is 4.74 Å². The van der Waals surface area contributed by atoms with E-state index in [2.05, 4.69) is 0 Å². The summed E-state index contributed by atoms with van der Waals surface area (Å²) in [4.78, 5) is 22.9. The fourth-order valence-corrected chi connectivity index (χ4v) is 2.21. The van der Waals surface area contributed by atoms with E-state index in [1.165, 1.54) is 36.6 Å². The summed E-state index contributed by atoms with van der Waals surface area (Å²) in [6.45, 7) is 0. The minimum atomic E-state index is -0.565. The highest BCUT2D eigenvalue weighted by Crippen LogP contribution is 2.28. The third-order valence-corrected chi connectivity index (χ3v) is 3.25. The molecule has 0 radical (unpaired) electrons. The minimum Gasteiger partial charge on any atom is -0.490 e. The number of nitro benzene ring substituents is 1. The van der Waals surface area contributed by atoms with Crippen LogP contribution in [0.3, 0.4) is 0 Å². The van der Waals surface area contributed by atoms with E-state index in [9.17, 15) is 14.9 Å². The lowest BCUT2D eigenvalue weighted by atomic mass is 10.1. The summed E-state index contributed by atoms with van der Waals surface area (Å²) < 4.78 is 4.88. The summed E-state index contributed by atoms with van der Waals surface area (Å²) in [5.41, 5.74) is 0.0739. The molecule has 92 valence electrons. The predicted molar refractivity (Wildman–Crippen MR) is 67.4 cm³/mol. The Bertz CT molecular complexity index is 592.